The van der Waals surface area contributed by atoms with Crippen LogP contribution in [0.25, 0.3) is 0 Å². The van der Waals surface area contributed by atoms with E-state index in [1.165, 1.54) is 25.7 Å². The number of allylic oxidation sites excluding steroid dienone is 1. The van der Waals surface area contributed by atoms with Crippen molar-refractivity contribution in [2.24, 2.45) is 0 Å². The van der Waals surface area contributed by atoms with Gasteiger partial charge in [-0.1, -0.05) is 38.3 Å². The Hall–Kier alpha value is -0.380. The van der Waals surface area contributed by atoms with Crippen molar-refractivity contribution in [1.82, 2.24) is 0 Å². The number of unbranched alkanes of at least 4 members (excludes halogenated alkanes) is 4. The van der Waals surface area contributed by atoms with Crippen LogP contribution >= 0.6 is 0 Å². The highest BCUT2D eigenvalue weighted by atomic mass is 16.5. The summed E-state index contributed by atoms with van der Waals surface area (Å²) in [7, 11) is 0. The quantitative estimate of drug-likeness (QED) is 0.423. The van der Waals surface area contributed by atoms with E-state index in [0.717, 1.165) is 12.8 Å². The third kappa shape index (κ3) is 10.1. The van der Waals surface area contributed by atoms with Gasteiger partial charge in [0.05, 0.1) is 19.8 Å². The summed E-state index contributed by atoms with van der Waals surface area (Å²) in [6, 6.07) is 0. The van der Waals surface area contributed by atoms with Gasteiger partial charge in [0.1, 0.15) is 6.10 Å². The minimum absolute atomic E-state index is 0.114. The number of aliphatic hydroxyl groups is 2. The van der Waals surface area contributed by atoms with E-state index in [4.69, 9.17) is 14.9 Å². The molecule has 0 aromatic carbocycles. The van der Waals surface area contributed by atoms with Crippen LogP contribution in [-0.4, -0.2) is 36.1 Å². The Bertz CT molecular complexity index is 153. The van der Waals surface area contributed by atoms with Gasteiger partial charge in [0, 0.05) is 0 Å². The Balaban J connectivity index is 3.20. The summed E-state index contributed by atoms with van der Waals surface area (Å²) in [6.45, 7) is 2.55. The normalized spacial score (nSPS) is 11.8. The smallest absolute Gasteiger partial charge is 0.104 e. The lowest BCUT2D eigenvalue weighted by atomic mass is 10.1. The molecule has 0 amide bonds. The molecule has 16 heavy (non-hydrogen) atoms. The molecule has 0 aliphatic rings. The first-order chi connectivity index (χ1) is 7.85. The summed E-state index contributed by atoms with van der Waals surface area (Å²) in [6.07, 6.45) is 11.1. The van der Waals surface area contributed by atoms with Crippen LogP contribution in [0.4, 0.5) is 0 Å². The summed E-state index contributed by atoms with van der Waals surface area (Å²) in [5.74, 6) is 0. The number of rotatable bonds is 11. The Kier molecular flexibility index (Phi) is 12.4. The molecular weight excluding hydrogens is 204 g/mol. The first-order valence-corrected chi connectivity index (χ1v) is 6.33. The molecule has 0 heterocycles. The van der Waals surface area contributed by atoms with Crippen LogP contribution in [0.1, 0.15) is 45.4 Å². The highest BCUT2D eigenvalue weighted by molar-refractivity contribution is 4.81. The standard InChI is InChI=1S/C13H26O3/c1-2-3-4-5-6-7-8-9-10-16-13(11-14)12-15/h7-8,13-15H,2-6,9-12H2,1H3/b8-7+. The molecule has 0 aliphatic heterocycles. The maximum absolute atomic E-state index is 8.75. The Morgan fingerprint density at radius 2 is 1.69 bits per heavy atom. The van der Waals surface area contributed by atoms with Crippen molar-refractivity contribution >= 4 is 0 Å². The zero-order valence-corrected chi connectivity index (χ0v) is 10.4. The van der Waals surface area contributed by atoms with Crippen LogP contribution in [-0.2, 0) is 4.74 Å². The van der Waals surface area contributed by atoms with E-state index in [0.29, 0.717) is 6.61 Å². The minimum atomic E-state index is -0.419. The van der Waals surface area contributed by atoms with E-state index in [1.54, 1.807) is 0 Å². The van der Waals surface area contributed by atoms with Gasteiger partial charge in [0.2, 0.25) is 0 Å². The maximum atomic E-state index is 8.75. The molecule has 0 saturated carbocycles. The molecule has 0 rings (SSSR count). The van der Waals surface area contributed by atoms with Gasteiger partial charge in [-0.05, 0) is 19.3 Å². The van der Waals surface area contributed by atoms with Crippen LogP contribution in [0.3, 0.4) is 0 Å². The largest absolute Gasteiger partial charge is 0.394 e. The van der Waals surface area contributed by atoms with Gasteiger partial charge in [0.25, 0.3) is 0 Å². The molecule has 0 aliphatic carbocycles. The summed E-state index contributed by atoms with van der Waals surface area (Å²) in [5, 5.41) is 17.5. The zero-order chi connectivity index (χ0) is 12.1. The fourth-order valence-electron chi connectivity index (χ4n) is 1.39. The lowest BCUT2D eigenvalue weighted by Crippen LogP contribution is -2.22. The molecule has 0 radical (unpaired) electrons. The van der Waals surface area contributed by atoms with Gasteiger partial charge in [-0.15, -0.1) is 0 Å². The fraction of sp³-hybridized carbons (Fsp3) is 0.846. The molecule has 3 heteroatoms. The topological polar surface area (TPSA) is 49.7 Å². The van der Waals surface area contributed by atoms with Crippen LogP contribution in [0, 0.1) is 0 Å². The number of hydrogen-bond donors (Lipinski definition) is 2. The lowest BCUT2D eigenvalue weighted by Gasteiger charge is -2.10. The zero-order valence-electron chi connectivity index (χ0n) is 10.4. The van der Waals surface area contributed by atoms with Crippen molar-refractivity contribution in [2.45, 2.75) is 51.6 Å². The molecule has 0 unspecified atom stereocenters. The molecule has 0 bridgehead atoms. The van der Waals surface area contributed by atoms with Gasteiger partial charge in [-0.2, -0.15) is 0 Å². The molecule has 0 atom stereocenters. The highest BCUT2D eigenvalue weighted by Crippen LogP contribution is 2.03. The van der Waals surface area contributed by atoms with Gasteiger partial charge in [-0.25, -0.2) is 0 Å². The predicted octanol–water partition coefficient (Wildman–Crippen LogP) is 2.27. The Morgan fingerprint density at radius 1 is 1.00 bits per heavy atom. The molecule has 0 aromatic heterocycles. The average Bonchev–Trinajstić information content (AvgIpc) is 2.32. The van der Waals surface area contributed by atoms with E-state index in [2.05, 4.69) is 19.1 Å². The van der Waals surface area contributed by atoms with Crippen molar-refractivity contribution < 1.29 is 14.9 Å². The summed E-state index contributed by atoms with van der Waals surface area (Å²) < 4.78 is 5.23. The van der Waals surface area contributed by atoms with Crippen LogP contribution in [0.2, 0.25) is 0 Å². The minimum Gasteiger partial charge on any atom is -0.394 e. The molecule has 96 valence electrons. The molecule has 0 saturated heterocycles. The first-order valence-electron chi connectivity index (χ1n) is 6.33. The monoisotopic (exact) mass is 230 g/mol. The highest BCUT2D eigenvalue weighted by Gasteiger charge is 2.03. The second kappa shape index (κ2) is 12.7. The first kappa shape index (κ1) is 15.6. The molecular formula is C13H26O3. The van der Waals surface area contributed by atoms with Crippen molar-refractivity contribution in [3.8, 4) is 0 Å². The van der Waals surface area contributed by atoms with Gasteiger partial charge < -0.3 is 14.9 Å². The molecule has 0 spiro atoms. The molecule has 0 fully saturated rings. The van der Waals surface area contributed by atoms with Crippen molar-refractivity contribution in [3.63, 3.8) is 0 Å². The van der Waals surface area contributed by atoms with Crippen LogP contribution < -0.4 is 0 Å². The van der Waals surface area contributed by atoms with Crippen LogP contribution in [0.5, 0.6) is 0 Å². The Morgan fingerprint density at radius 3 is 2.31 bits per heavy atom. The summed E-state index contributed by atoms with van der Waals surface area (Å²) >= 11 is 0. The number of ether oxygens (including phenoxy) is 1. The van der Waals surface area contributed by atoms with Gasteiger partial charge in [0.15, 0.2) is 0 Å². The van der Waals surface area contributed by atoms with E-state index < -0.39 is 6.10 Å². The van der Waals surface area contributed by atoms with Gasteiger partial charge in [-0.3, -0.25) is 0 Å². The average molecular weight is 230 g/mol. The fourth-order valence-corrected chi connectivity index (χ4v) is 1.39. The molecule has 2 N–H and O–H groups in total. The van der Waals surface area contributed by atoms with Crippen molar-refractivity contribution in [3.05, 3.63) is 12.2 Å². The van der Waals surface area contributed by atoms with Crippen molar-refractivity contribution in [2.75, 3.05) is 19.8 Å². The Labute approximate surface area is 99.1 Å². The third-order valence-corrected chi connectivity index (χ3v) is 2.44. The predicted molar refractivity (Wildman–Crippen MR) is 66.4 cm³/mol. The second-order valence-electron chi connectivity index (χ2n) is 3.97. The molecule has 0 aromatic rings. The van der Waals surface area contributed by atoms with E-state index in [1.807, 2.05) is 0 Å². The summed E-state index contributed by atoms with van der Waals surface area (Å²) in [4.78, 5) is 0. The van der Waals surface area contributed by atoms with Gasteiger partial charge >= 0.3 is 0 Å². The number of aliphatic hydroxyl groups excluding tert-OH is 2. The SMILES string of the molecule is CCCCCC/C=C/CCOC(CO)CO. The second-order valence-corrected chi connectivity index (χ2v) is 3.97. The molecule has 3 nitrogen and oxygen atoms in total. The van der Waals surface area contributed by atoms with E-state index >= 15 is 0 Å². The number of hydrogen-bond acceptors (Lipinski definition) is 3. The lowest BCUT2D eigenvalue weighted by molar-refractivity contribution is -0.0176. The maximum Gasteiger partial charge on any atom is 0.104 e. The van der Waals surface area contributed by atoms with Crippen LogP contribution in [0.15, 0.2) is 12.2 Å². The van der Waals surface area contributed by atoms with E-state index in [-0.39, 0.29) is 13.2 Å². The van der Waals surface area contributed by atoms with Crippen molar-refractivity contribution in [1.29, 1.82) is 0 Å². The third-order valence-electron chi connectivity index (χ3n) is 2.44. The van der Waals surface area contributed by atoms with E-state index in [9.17, 15) is 0 Å². The summed E-state index contributed by atoms with van der Waals surface area (Å²) in [5.41, 5.74) is 0.